The molecule has 0 bridgehead atoms. The van der Waals surface area contributed by atoms with E-state index < -0.39 is 17.5 Å². The summed E-state index contributed by atoms with van der Waals surface area (Å²) < 4.78 is 40.4. The summed E-state index contributed by atoms with van der Waals surface area (Å²) in [6.45, 7) is 1.51. The maximum absolute atomic E-state index is 13.9. The van der Waals surface area contributed by atoms with E-state index in [1.54, 1.807) is 0 Å². The van der Waals surface area contributed by atoms with E-state index in [1.807, 2.05) is 0 Å². The van der Waals surface area contributed by atoms with Crippen LogP contribution in [0.15, 0.2) is 30.3 Å². The van der Waals surface area contributed by atoms with Gasteiger partial charge >= 0.3 is 0 Å². The van der Waals surface area contributed by atoms with Gasteiger partial charge in [-0.1, -0.05) is 11.6 Å². The summed E-state index contributed by atoms with van der Waals surface area (Å²) in [5.41, 5.74) is 0.695. The second-order valence-electron chi connectivity index (χ2n) is 4.58. The largest absolute Gasteiger partial charge is 0.228 e. The smallest absolute Gasteiger partial charge is 0.164 e. The maximum atomic E-state index is 13.9. The van der Waals surface area contributed by atoms with Crippen molar-refractivity contribution in [3.05, 3.63) is 58.5 Å². The number of hydrogen-bond donors (Lipinski definition) is 0. The molecule has 3 rings (SSSR count). The number of hydrogen-bond acceptors (Lipinski definition) is 2. The zero-order valence-corrected chi connectivity index (χ0v) is 11.5. The Bertz CT molecular complexity index is 865. The molecule has 3 aromatic rings. The maximum Gasteiger partial charge on any atom is 0.164 e. The van der Waals surface area contributed by atoms with E-state index in [4.69, 9.17) is 11.6 Å². The van der Waals surface area contributed by atoms with Gasteiger partial charge in [0.15, 0.2) is 5.82 Å². The first kappa shape index (κ1) is 13.8. The molecular formula is C15H8ClF3N2. The lowest BCUT2D eigenvalue weighted by Crippen LogP contribution is -1.97. The average Bonchev–Trinajstić information content (AvgIpc) is 2.43. The zero-order chi connectivity index (χ0) is 15.1. The number of benzene rings is 2. The van der Waals surface area contributed by atoms with Gasteiger partial charge in [0.05, 0.1) is 11.1 Å². The van der Waals surface area contributed by atoms with Crippen molar-refractivity contribution in [3.63, 3.8) is 0 Å². The summed E-state index contributed by atoms with van der Waals surface area (Å²) >= 11 is 5.99. The summed E-state index contributed by atoms with van der Waals surface area (Å²) in [7, 11) is 0. The van der Waals surface area contributed by atoms with Gasteiger partial charge in [0.1, 0.15) is 22.6 Å². The van der Waals surface area contributed by atoms with Crippen LogP contribution in [-0.2, 0) is 0 Å². The van der Waals surface area contributed by atoms with Crippen LogP contribution in [0.5, 0.6) is 0 Å². The van der Waals surface area contributed by atoms with Gasteiger partial charge in [-0.15, -0.1) is 0 Å². The molecule has 0 aliphatic carbocycles. The minimum absolute atomic E-state index is 0.0101. The molecule has 1 aromatic heterocycles. The Labute approximate surface area is 123 Å². The van der Waals surface area contributed by atoms with E-state index in [9.17, 15) is 13.2 Å². The van der Waals surface area contributed by atoms with E-state index in [0.717, 1.165) is 6.07 Å². The van der Waals surface area contributed by atoms with Crippen molar-refractivity contribution in [2.24, 2.45) is 0 Å². The van der Waals surface area contributed by atoms with Gasteiger partial charge in [0, 0.05) is 11.5 Å². The molecule has 0 N–H and O–H groups in total. The summed E-state index contributed by atoms with van der Waals surface area (Å²) in [4.78, 5) is 8.12. The topological polar surface area (TPSA) is 25.8 Å². The third-order valence-corrected chi connectivity index (χ3v) is 3.39. The van der Waals surface area contributed by atoms with Gasteiger partial charge in [-0.05, 0) is 36.8 Å². The van der Waals surface area contributed by atoms with Gasteiger partial charge in [-0.3, -0.25) is 0 Å². The fraction of sp³-hybridized carbons (Fsp3) is 0.0667. The van der Waals surface area contributed by atoms with Crippen LogP contribution in [0.25, 0.3) is 22.3 Å². The van der Waals surface area contributed by atoms with E-state index in [0.29, 0.717) is 10.9 Å². The van der Waals surface area contributed by atoms with E-state index in [-0.39, 0.29) is 22.1 Å². The Morgan fingerprint density at radius 3 is 2.48 bits per heavy atom. The molecule has 2 aromatic carbocycles. The average molecular weight is 309 g/mol. The molecule has 2 nitrogen and oxygen atoms in total. The van der Waals surface area contributed by atoms with Crippen molar-refractivity contribution in [1.82, 2.24) is 9.97 Å². The fourth-order valence-electron chi connectivity index (χ4n) is 2.01. The monoisotopic (exact) mass is 308 g/mol. The van der Waals surface area contributed by atoms with Crippen LogP contribution in [0.1, 0.15) is 5.56 Å². The van der Waals surface area contributed by atoms with Crippen molar-refractivity contribution >= 4 is 22.5 Å². The van der Waals surface area contributed by atoms with Crippen LogP contribution in [0, 0.1) is 24.4 Å². The van der Waals surface area contributed by atoms with Crippen molar-refractivity contribution in [2.45, 2.75) is 6.92 Å². The molecule has 21 heavy (non-hydrogen) atoms. The highest BCUT2D eigenvalue weighted by Crippen LogP contribution is 2.28. The summed E-state index contributed by atoms with van der Waals surface area (Å²) in [5.74, 6) is -1.87. The van der Waals surface area contributed by atoms with Crippen molar-refractivity contribution in [2.75, 3.05) is 0 Å². The molecular weight excluding hydrogens is 301 g/mol. The SMILES string of the molecule is Cc1cc(-c2nc(Cl)c3cc(F)ccc3n2)c(F)cc1F. The Kier molecular flexibility index (Phi) is 3.29. The van der Waals surface area contributed by atoms with Crippen LogP contribution in [0.2, 0.25) is 5.15 Å². The Balaban J connectivity index is 2.26. The lowest BCUT2D eigenvalue weighted by Gasteiger charge is -2.07. The molecule has 0 unspecified atom stereocenters. The molecule has 0 saturated heterocycles. The van der Waals surface area contributed by atoms with Gasteiger partial charge < -0.3 is 0 Å². The number of nitrogens with zero attached hydrogens (tertiary/aromatic N) is 2. The second kappa shape index (κ2) is 5.00. The van der Waals surface area contributed by atoms with E-state index in [1.165, 1.54) is 31.2 Å². The summed E-state index contributed by atoms with van der Waals surface area (Å²) in [6.07, 6.45) is 0. The molecule has 0 spiro atoms. The molecule has 1 heterocycles. The first-order valence-corrected chi connectivity index (χ1v) is 6.42. The van der Waals surface area contributed by atoms with E-state index in [2.05, 4.69) is 9.97 Å². The highest BCUT2D eigenvalue weighted by atomic mass is 35.5. The Hall–Kier alpha value is -2.14. The van der Waals surface area contributed by atoms with Crippen LogP contribution in [-0.4, -0.2) is 9.97 Å². The molecule has 0 amide bonds. The number of halogens is 4. The van der Waals surface area contributed by atoms with Gasteiger partial charge in [0.2, 0.25) is 0 Å². The highest BCUT2D eigenvalue weighted by Gasteiger charge is 2.14. The van der Waals surface area contributed by atoms with Crippen molar-refractivity contribution in [1.29, 1.82) is 0 Å². The quantitative estimate of drug-likeness (QED) is 0.610. The number of fused-ring (bicyclic) bond motifs is 1. The molecule has 0 aliphatic rings. The minimum Gasteiger partial charge on any atom is -0.228 e. The predicted octanol–water partition coefficient (Wildman–Crippen LogP) is 4.68. The highest BCUT2D eigenvalue weighted by molar-refractivity contribution is 6.34. The lowest BCUT2D eigenvalue weighted by molar-refractivity contribution is 0.579. The summed E-state index contributed by atoms with van der Waals surface area (Å²) in [5, 5.41) is 0.343. The van der Waals surface area contributed by atoms with Crippen LogP contribution in [0.3, 0.4) is 0 Å². The third-order valence-electron chi connectivity index (χ3n) is 3.10. The standard InChI is InChI=1S/C15H8ClF3N2/c1-7-4-9(12(19)6-11(7)18)15-20-13-3-2-8(17)5-10(13)14(16)21-15/h2-6H,1H3. The zero-order valence-electron chi connectivity index (χ0n) is 10.8. The lowest BCUT2D eigenvalue weighted by atomic mass is 10.1. The second-order valence-corrected chi connectivity index (χ2v) is 4.94. The third kappa shape index (κ3) is 2.45. The van der Waals surface area contributed by atoms with E-state index >= 15 is 0 Å². The van der Waals surface area contributed by atoms with Crippen LogP contribution < -0.4 is 0 Å². The van der Waals surface area contributed by atoms with Gasteiger partial charge in [-0.2, -0.15) is 0 Å². The molecule has 0 saturated carbocycles. The first-order valence-electron chi connectivity index (χ1n) is 6.04. The van der Waals surface area contributed by atoms with Gasteiger partial charge in [-0.25, -0.2) is 23.1 Å². The normalized spacial score (nSPS) is 11.1. The molecule has 0 aliphatic heterocycles. The Morgan fingerprint density at radius 1 is 0.952 bits per heavy atom. The summed E-state index contributed by atoms with van der Waals surface area (Å²) in [6, 6.07) is 5.94. The fourth-order valence-corrected chi connectivity index (χ4v) is 2.24. The number of aromatic nitrogens is 2. The molecule has 0 radical (unpaired) electrons. The number of aryl methyl sites for hydroxylation is 1. The first-order chi connectivity index (χ1) is 9.95. The Morgan fingerprint density at radius 2 is 1.71 bits per heavy atom. The van der Waals surface area contributed by atoms with Crippen LogP contribution >= 0.6 is 11.6 Å². The van der Waals surface area contributed by atoms with Crippen LogP contribution in [0.4, 0.5) is 13.2 Å². The molecule has 6 heteroatoms. The molecule has 0 fully saturated rings. The minimum atomic E-state index is -0.782. The predicted molar refractivity (Wildman–Crippen MR) is 74.6 cm³/mol. The van der Waals surface area contributed by atoms with Crippen molar-refractivity contribution in [3.8, 4) is 11.4 Å². The van der Waals surface area contributed by atoms with Crippen molar-refractivity contribution < 1.29 is 13.2 Å². The molecule has 106 valence electrons. The number of rotatable bonds is 1. The molecule has 0 atom stereocenters. The van der Waals surface area contributed by atoms with Gasteiger partial charge in [0.25, 0.3) is 0 Å².